The number of halogens is 2. The summed E-state index contributed by atoms with van der Waals surface area (Å²) >= 11 is 12.2. The fraction of sp³-hybridized carbons (Fsp3) is 0.348. The van der Waals surface area contributed by atoms with Crippen LogP contribution in [0, 0.1) is 11.8 Å². The number of nitrogens with zero attached hydrogens (tertiary/aromatic N) is 6. The van der Waals surface area contributed by atoms with Crippen LogP contribution in [0.2, 0.25) is 10.0 Å². The van der Waals surface area contributed by atoms with Gasteiger partial charge in [-0.25, -0.2) is 29.9 Å². The first-order valence-corrected chi connectivity index (χ1v) is 20.8. The highest BCUT2D eigenvalue weighted by Crippen LogP contribution is 2.44. The third kappa shape index (κ3) is 7.49. The molecule has 0 saturated heterocycles. The molecule has 0 amide bonds. The van der Waals surface area contributed by atoms with Gasteiger partial charge in [0.05, 0.1) is 22.1 Å². The van der Waals surface area contributed by atoms with Crippen LogP contribution in [0.25, 0.3) is 44.1 Å². The number of hydrogen-bond donors (Lipinski definition) is 2. The fourth-order valence-corrected chi connectivity index (χ4v) is 9.80. The average Bonchev–Trinajstić information content (AvgIpc) is 3.87. The largest absolute Gasteiger partial charge is 0.342 e. The normalized spacial score (nSPS) is 21.2. The summed E-state index contributed by atoms with van der Waals surface area (Å²) in [7, 11) is 0. The highest BCUT2D eigenvalue weighted by molar-refractivity contribution is 6.31. The monoisotopic (exact) mass is 780 g/mol. The molecule has 2 aliphatic carbocycles. The van der Waals surface area contributed by atoms with Crippen LogP contribution in [-0.4, -0.2) is 39.9 Å². The van der Waals surface area contributed by atoms with Crippen LogP contribution in [0.5, 0.6) is 0 Å². The molecule has 10 heteroatoms. The standard InChI is InChI=1S/2C23H23ClN4/c2*1-14(22-27-20-9-8-17(24)13-21(20)28-22)15-4-6-16(7-5-15)18-10-12-26-23-19(18)3-2-11-25-23/h2*2-3,8-16H,4-7H2,1H3,(H,27,28). The molecular weight excluding hydrogens is 735 g/mol. The molecule has 8 aromatic rings. The third-order valence-corrected chi connectivity index (χ3v) is 13.2. The number of rotatable bonds is 6. The highest BCUT2D eigenvalue weighted by Gasteiger charge is 2.30. The highest BCUT2D eigenvalue weighted by atomic mass is 35.5. The van der Waals surface area contributed by atoms with E-state index in [9.17, 15) is 0 Å². The lowest BCUT2D eigenvalue weighted by Crippen LogP contribution is -2.19. The molecule has 0 radical (unpaired) electrons. The second kappa shape index (κ2) is 15.9. The Morgan fingerprint density at radius 1 is 0.518 bits per heavy atom. The number of benzene rings is 2. The predicted molar refractivity (Wildman–Crippen MR) is 228 cm³/mol. The first-order valence-electron chi connectivity index (χ1n) is 20.1. The topological polar surface area (TPSA) is 109 Å². The minimum Gasteiger partial charge on any atom is -0.342 e. The maximum absolute atomic E-state index is 6.12. The number of aromatic amines is 2. The van der Waals surface area contributed by atoms with Crippen LogP contribution in [0.15, 0.2) is 97.6 Å². The van der Waals surface area contributed by atoms with Crippen LogP contribution in [0.1, 0.15) is 112 Å². The average molecular weight is 782 g/mol. The molecule has 0 aliphatic heterocycles. The molecule has 10 rings (SSSR count). The first-order chi connectivity index (χ1) is 27.4. The zero-order valence-corrected chi connectivity index (χ0v) is 33.3. The van der Waals surface area contributed by atoms with Crippen molar-refractivity contribution in [1.82, 2.24) is 39.9 Å². The summed E-state index contributed by atoms with van der Waals surface area (Å²) < 4.78 is 0. The summed E-state index contributed by atoms with van der Waals surface area (Å²) in [5.41, 5.74) is 8.57. The quantitative estimate of drug-likeness (QED) is 0.174. The van der Waals surface area contributed by atoms with Crippen molar-refractivity contribution in [3.05, 3.63) is 130 Å². The van der Waals surface area contributed by atoms with Crippen molar-refractivity contribution in [3.63, 3.8) is 0 Å². The third-order valence-electron chi connectivity index (χ3n) is 12.7. The van der Waals surface area contributed by atoms with E-state index in [1.807, 2.05) is 73.3 Å². The van der Waals surface area contributed by atoms with Crippen molar-refractivity contribution < 1.29 is 0 Å². The Kier molecular flexibility index (Phi) is 10.4. The van der Waals surface area contributed by atoms with Gasteiger partial charge in [0.2, 0.25) is 0 Å². The molecule has 2 N–H and O–H groups in total. The molecule has 2 aliphatic rings. The van der Waals surface area contributed by atoms with Crippen LogP contribution in [0.3, 0.4) is 0 Å². The second-order valence-electron chi connectivity index (χ2n) is 15.9. The van der Waals surface area contributed by atoms with Gasteiger partial charge in [-0.3, -0.25) is 0 Å². The Balaban J connectivity index is 0.000000146. The maximum atomic E-state index is 6.12. The summed E-state index contributed by atoms with van der Waals surface area (Å²) in [4.78, 5) is 34.3. The van der Waals surface area contributed by atoms with Gasteiger partial charge in [-0.2, -0.15) is 0 Å². The van der Waals surface area contributed by atoms with Gasteiger partial charge in [0, 0.05) is 57.4 Å². The van der Waals surface area contributed by atoms with Crippen LogP contribution in [0.4, 0.5) is 0 Å². The number of fused-ring (bicyclic) bond motifs is 4. The Morgan fingerprint density at radius 2 is 0.929 bits per heavy atom. The van der Waals surface area contributed by atoms with Gasteiger partial charge in [0.15, 0.2) is 11.3 Å². The van der Waals surface area contributed by atoms with E-state index < -0.39 is 0 Å². The zero-order valence-electron chi connectivity index (χ0n) is 31.8. The number of imidazole rings is 2. The van der Waals surface area contributed by atoms with Crippen molar-refractivity contribution in [2.75, 3.05) is 0 Å². The first kappa shape index (κ1) is 36.7. The van der Waals surface area contributed by atoms with Gasteiger partial charge in [-0.05, 0) is 159 Å². The number of hydrogen-bond acceptors (Lipinski definition) is 6. The number of aromatic nitrogens is 8. The van der Waals surface area contributed by atoms with Crippen LogP contribution >= 0.6 is 23.2 Å². The number of pyridine rings is 4. The lowest BCUT2D eigenvalue weighted by molar-refractivity contribution is 0.286. The summed E-state index contributed by atoms with van der Waals surface area (Å²) in [6.45, 7) is 4.60. The summed E-state index contributed by atoms with van der Waals surface area (Å²) in [6, 6.07) is 24.4. The second-order valence-corrected chi connectivity index (χ2v) is 16.8. The lowest BCUT2D eigenvalue weighted by Gasteiger charge is -2.32. The fourth-order valence-electron chi connectivity index (χ4n) is 9.46. The Bertz CT molecular complexity index is 2430. The molecule has 6 heterocycles. The van der Waals surface area contributed by atoms with E-state index in [1.165, 1.54) is 73.3 Å². The van der Waals surface area contributed by atoms with Crippen molar-refractivity contribution in [3.8, 4) is 0 Å². The predicted octanol–water partition coefficient (Wildman–Crippen LogP) is 12.5. The van der Waals surface area contributed by atoms with Crippen LogP contribution in [-0.2, 0) is 0 Å². The SMILES string of the molecule is CC(c1nc2ccc(Cl)cc2[nH]1)C1CCC(c2ccnc3ncccc23)CC1.CC(c1nc2ccc(Cl)cc2[nH]1)C1CCC(c2ccnc3ncccc23)CC1. The molecule has 2 aromatic carbocycles. The molecule has 0 bridgehead atoms. The summed E-state index contributed by atoms with van der Waals surface area (Å²) in [5, 5.41) is 3.90. The van der Waals surface area contributed by atoms with Gasteiger partial charge in [0.25, 0.3) is 0 Å². The molecule has 284 valence electrons. The van der Waals surface area contributed by atoms with Crippen LogP contribution < -0.4 is 0 Å². The Hall–Kier alpha value is -4.92. The van der Waals surface area contributed by atoms with E-state index >= 15 is 0 Å². The molecule has 2 saturated carbocycles. The lowest BCUT2D eigenvalue weighted by atomic mass is 9.73. The van der Waals surface area contributed by atoms with Gasteiger partial charge in [-0.15, -0.1) is 0 Å². The molecule has 8 nitrogen and oxygen atoms in total. The van der Waals surface area contributed by atoms with Crippen molar-refractivity contribution in [1.29, 1.82) is 0 Å². The van der Waals surface area contributed by atoms with Crippen molar-refractivity contribution in [2.45, 2.75) is 88.9 Å². The molecule has 2 unspecified atom stereocenters. The Morgan fingerprint density at radius 3 is 1.36 bits per heavy atom. The number of H-pyrrole nitrogens is 2. The zero-order chi connectivity index (χ0) is 38.2. The minimum absolute atomic E-state index is 0.419. The van der Waals surface area contributed by atoms with Gasteiger partial charge in [0.1, 0.15) is 11.6 Å². The smallest absolute Gasteiger partial charge is 0.159 e. The van der Waals surface area contributed by atoms with E-state index in [2.05, 4.69) is 68.0 Å². The van der Waals surface area contributed by atoms with Gasteiger partial charge in [-0.1, -0.05) is 37.0 Å². The molecule has 56 heavy (non-hydrogen) atoms. The molecule has 6 aromatic heterocycles. The summed E-state index contributed by atoms with van der Waals surface area (Å²) in [5.74, 6) is 5.49. The molecular formula is C46H46Cl2N8. The van der Waals surface area contributed by atoms with E-state index in [-0.39, 0.29) is 0 Å². The van der Waals surface area contributed by atoms with Gasteiger partial charge < -0.3 is 9.97 Å². The van der Waals surface area contributed by atoms with Crippen molar-refractivity contribution in [2.24, 2.45) is 11.8 Å². The minimum atomic E-state index is 0.419. The van der Waals surface area contributed by atoms with E-state index in [1.54, 1.807) is 0 Å². The Labute approximate surface area is 337 Å². The maximum Gasteiger partial charge on any atom is 0.159 e. The molecule has 2 atom stereocenters. The molecule has 0 spiro atoms. The van der Waals surface area contributed by atoms with E-state index in [0.29, 0.717) is 35.5 Å². The summed E-state index contributed by atoms with van der Waals surface area (Å²) in [6.07, 6.45) is 17.1. The molecule has 2 fully saturated rings. The van der Waals surface area contributed by atoms with E-state index in [4.69, 9.17) is 33.2 Å². The number of nitrogens with one attached hydrogen (secondary N) is 2. The van der Waals surface area contributed by atoms with E-state index in [0.717, 1.165) is 55.1 Å². The van der Waals surface area contributed by atoms with Crippen molar-refractivity contribution >= 4 is 67.3 Å². The van der Waals surface area contributed by atoms with Gasteiger partial charge >= 0.3 is 0 Å².